The van der Waals surface area contributed by atoms with Crippen LogP contribution in [0.1, 0.15) is 5.56 Å². The number of hydrogen-bond donors (Lipinski definition) is 0. The molecule has 9 nitrogen and oxygen atoms in total. The lowest BCUT2D eigenvalue weighted by molar-refractivity contribution is -0.389. The van der Waals surface area contributed by atoms with E-state index in [-0.39, 0.29) is 37.8 Å². The zero-order valence-electron chi connectivity index (χ0n) is 15.4. The number of fused-ring (bicyclic) bond motifs is 1. The van der Waals surface area contributed by atoms with E-state index >= 15 is 0 Å². The molecule has 1 aliphatic heterocycles. The fourth-order valence-electron chi connectivity index (χ4n) is 3.32. The molecule has 0 aliphatic carbocycles. The van der Waals surface area contributed by atoms with Crippen LogP contribution in [-0.4, -0.2) is 53.2 Å². The highest BCUT2D eigenvalue weighted by Crippen LogP contribution is 2.37. The SMILES string of the molecule is O=[N+]([O-])c1c(N2CCN(S(=O)(=O)c3ccc(Cl)c(C(F)(F)F)c3)CC2)nc2sccn12. The molecular formula is C16H13ClF3N5O4S2. The summed E-state index contributed by atoms with van der Waals surface area (Å²) in [4.78, 5) is 16.7. The number of piperazine rings is 1. The zero-order chi connectivity index (χ0) is 22.6. The molecule has 3 aromatic rings. The van der Waals surface area contributed by atoms with Crippen LogP contribution < -0.4 is 4.90 Å². The van der Waals surface area contributed by atoms with Gasteiger partial charge in [-0.3, -0.25) is 0 Å². The van der Waals surface area contributed by atoms with E-state index < -0.39 is 36.6 Å². The van der Waals surface area contributed by atoms with Gasteiger partial charge in [-0.15, -0.1) is 0 Å². The molecule has 4 rings (SSSR count). The van der Waals surface area contributed by atoms with Crippen LogP contribution in [0.5, 0.6) is 0 Å². The molecule has 15 heteroatoms. The largest absolute Gasteiger partial charge is 0.417 e. The van der Waals surface area contributed by atoms with E-state index in [4.69, 9.17) is 11.6 Å². The molecule has 166 valence electrons. The summed E-state index contributed by atoms with van der Waals surface area (Å²) in [6.45, 7) is 0.0263. The second-order valence-electron chi connectivity index (χ2n) is 6.60. The zero-order valence-corrected chi connectivity index (χ0v) is 17.8. The summed E-state index contributed by atoms with van der Waals surface area (Å²) in [5.74, 6) is -0.0974. The fraction of sp³-hybridized carbons (Fsp3) is 0.312. The summed E-state index contributed by atoms with van der Waals surface area (Å²) in [5.41, 5.74) is -1.23. The van der Waals surface area contributed by atoms with E-state index in [1.165, 1.54) is 21.9 Å². The number of halogens is 4. The van der Waals surface area contributed by atoms with Crippen molar-refractivity contribution in [2.24, 2.45) is 0 Å². The summed E-state index contributed by atoms with van der Waals surface area (Å²) in [6, 6.07) is 2.43. The number of hydrogen-bond acceptors (Lipinski definition) is 7. The van der Waals surface area contributed by atoms with Crippen LogP contribution >= 0.6 is 22.9 Å². The van der Waals surface area contributed by atoms with Crippen LogP contribution in [0.4, 0.5) is 24.8 Å². The minimum atomic E-state index is -4.80. The average molecular weight is 496 g/mol. The molecule has 0 amide bonds. The van der Waals surface area contributed by atoms with E-state index in [2.05, 4.69) is 4.98 Å². The summed E-state index contributed by atoms with van der Waals surface area (Å²) in [6.07, 6.45) is -3.28. The van der Waals surface area contributed by atoms with Crippen molar-refractivity contribution < 1.29 is 26.5 Å². The van der Waals surface area contributed by atoms with Crippen molar-refractivity contribution in [2.45, 2.75) is 11.1 Å². The number of rotatable bonds is 4. The maximum absolute atomic E-state index is 13.1. The molecule has 0 atom stereocenters. The van der Waals surface area contributed by atoms with Gasteiger partial charge in [-0.25, -0.2) is 8.42 Å². The molecule has 1 fully saturated rings. The number of nitrogens with zero attached hydrogens (tertiary/aromatic N) is 5. The van der Waals surface area contributed by atoms with Crippen molar-refractivity contribution in [3.05, 3.63) is 50.5 Å². The lowest BCUT2D eigenvalue weighted by Gasteiger charge is -2.33. The van der Waals surface area contributed by atoms with Crippen LogP contribution in [0.15, 0.2) is 34.7 Å². The molecule has 1 aliphatic rings. The highest BCUT2D eigenvalue weighted by Gasteiger charge is 2.37. The molecule has 0 spiro atoms. The fourth-order valence-corrected chi connectivity index (χ4v) is 5.69. The number of thiazole rings is 1. The summed E-state index contributed by atoms with van der Waals surface area (Å²) < 4.78 is 67.4. The Morgan fingerprint density at radius 3 is 2.48 bits per heavy atom. The standard InChI is InChI=1S/C16H13ClF3N5O4S2/c17-12-2-1-10(9-11(12)16(18,19)20)31(28,29)23-5-3-22(4-6-23)13-14(25(26)27)24-7-8-30-15(24)21-13/h1-2,7-9H,3-6H2. The number of anilines is 1. The van der Waals surface area contributed by atoms with Gasteiger partial charge in [-0.2, -0.15) is 26.9 Å². The lowest BCUT2D eigenvalue weighted by atomic mass is 10.2. The Bertz CT molecular complexity index is 1270. The number of nitro groups is 1. The molecular weight excluding hydrogens is 483 g/mol. The first-order valence-electron chi connectivity index (χ1n) is 8.72. The summed E-state index contributed by atoms with van der Waals surface area (Å²) >= 11 is 6.79. The Morgan fingerprint density at radius 2 is 1.87 bits per heavy atom. The molecule has 0 saturated carbocycles. The molecule has 1 aromatic carbocycles. The Balaban J connectivity index is 1.57. The molecule has 0 N–H and O–H groups in total. The summed E-state index contributed by atoms with van der Waals surface area (Å²) in [7, 11) is -4.22. The minimum Gasteiger partial charge on any atom is -0.358 e. The molecule has 2 aromatic heterocycles. The average Bonchev–Trinajstić information content (AvgIpc) is 3.28. The highest BCUT2D eigenvalue weighted by molar-refractivity contribution is 7.89. The van der Waals surface area contributed by atoms with Gasteiger partial charge in [0, 0.05) is 31.6 Å². The maximum atomic E-state index is 13.1. The van der Waals surface area contributed by atoms with Crippen LogP contribution in [0, 0.1) is 10.1 Å². The van der Waals surface area contributed by atoms with Crippen molar-refractivity contribution >= 4 is 49.6 Å². The van der Waals surface area contributed by atoms with Crippen LogP contribution in [0.2, 0.25) is 5.02 Å². The third-order valence-electron chi connectivity index (χ3n) is 4.81. The summed E-state index contributed by atoms with van der Waals surface area (Å²) in [5, 5.41) is 12.6. The van der Waals surface area contributed by atoms with Crippen molar-refractivity contribution in [3.8, 4) is 0 Å². The first-order chi connectivity index (χ1) is 14.5. The van der Waals surface area contributed by atoms with Crippen molar-refractivity contribution in [3.63, 3.8) is 0 Å². The van der Waals surface area contributed by atoms with Gasteiger partial charge >= 0.3 is 12.0 Å². The van der Waals surface area contributed by atoms with Crippen molar-refractivity contribution in [1.82, 2.24) is 13.7 Å². The van der Waals surface area contributed by atoms with Gasteiger partial charge < -0.3 is 15.0 Å². The third kappa shape index (κ3) is 3.84. The van der Waals surface area contributed by atoms with Gasteiger partial charge in [0.05, 0.1) is 15.5 Å². The molecule has 31 heavy (non-hydrogen) atoms. The van der Waals surface area contributed by atoms with E-state index in [9.17, 15) is 31.7 Å². The molecule has 0 radical (unpaired) electrons. The first kappa shape index (κ1) is 21.8. The van der Waals surface area contributed by atoms with E-state index in [0.29, 0.717) is 11.0 Å². The minimum absolute atomic E-state index is 0.0748. The lowest BCUT2D eigenvalue weighted by Crippen LogP contribution is -2.49. The van der Waals surface area contributed by atoms with Gasteiger partial charge in [0.2, 0.25) is 15.8 Å². The number of sulfonamides is 1. The number of imidazole rings is 1. The Morgan fingerprint density at radius 1 is 1.19 bits per heavy atom. The van der Waals surface area contributed by atoms with Crippen molar-refractivity contribution in [1.29, 1.82) is 0 Å². The van der Waals surface area contributed by atoms with E-state index in [0.717, 1.165) is 16.4 Å². The van der Waals surface area contributed by atoms with E-state index in [1.54, 1.807) is 10.3 Å². The van der Waals surface area contributed by atoms with Gasteiger partial charge in [-0.1, -0.05) is 22.9 Å². The normalized spacial score (nSPS) is 16.2. The van der Waals surface area contributed by atoms with Gasteiger partial charge in [0.1, 0.15) is 6.20 Å². The molecule has 1 saturated heterocycles. The smallest absolute Gasteiger partial charge is 0.358 e. The maximum Gasteiger partial charge on any atom is 0.417 e. The number of aromatic nitrogens is 2. The highest BCUT2D eigenvalue weighted by atomic mass is 35.5. The Kier molecular flexibility index (Phi) is 5.36. The monoisotopic (exact) mass is 495 g/mol. The van der Waals surface area contributed by atoms with Crippen LogP contribution in [0.25, 0.3) is 4.96 Å². The first-order valence-corrected chi connectivity index (χ1v) is 11.4. The van der Waals surface area contributed by atoms with Gasteiger partial charge in [-0.05, 0) is 23.1 Å². The molecule has 0 bridgehead atoms. The van der Waals surface area contributed by atoms with Gasteiger partial charge in [0.15, 0.2) is 0 Å². The predicted octanol–water partition coefficient (Wildman–Crippen LogP) is 3.49. The van der Waals surface area contributed by atoms with Crippen LogP contribution in [0.3, 0.4) is 0 Å². The van der Waals surface area contributed by atoms with Crippen LogP contribution in [-0.2, 0) is 16.2 Å². The quantitative estimate of drug-likeness (QED) is 0.405. The number of alkyl halides is 3. The third-order valence-corrected chi connectivity index (χ3v) is 7.79. The molecule has 0 unspecified atom stereocenters. The van der Waals surface area contributed by atoms with E-state index in [1.807, 2.05) is 0 Å². The topological polar surface area (TPSA) is 101 Å². The van der Waals surface area contributed by atoms with Gasteiger partial charge in [0.25, 0.3) is 4.96 Å². The second-order valence-corrected chi connectivity index (χ2v) is 9.82. The Hall–Kier alpha value is -2.42. The predicted molar refractivity (Wildman–Crippen MR) is 107 cm³/mol. The molecule has 3 heterocycles. The second kappa shape index (κ2) is 7.62. The number of benzene rings is 1. The Labute approximate surface area is 182 Å². The van der Waals surface area contributed by atoms with Crippen molar-refractivity contribution in [2.75, 3.05) is 31.1 Å².